The Morgan fingerprint density at radius 3 is 2.64 bits per heavy atom. The molecule has 9 nitrogen and oxygen atoms in total. The van der Waals surface area contributed by atoms with Gasteiger partial charge in [0.05, 0.1) is 12.2 Å². The van der Waals surface area contributed by atoms with E-state index in [2.05, 4.69) is 10.2 Å². The third kappa shape index (κ3) is 6.00. The second kappa shape index (κ2) is 9.38. The van der Waals surface area contributed by atoms with E-state index in [9.17, 15) is 8.42 Å². The molecule has 146 valence electrons. The molecule has 2 aromatic carbocycles. The van der Waals surface area contributed by atoms with Crippen LogP contribution in [0.15, 0.2) is 57.6 Å². The number of aryl methyl sites for hydroxylation is 1. The molecular weight excluding hydrogens is 382 g/mol. The van der Waals surface area contributed by atoms with Crippen LogP contribution in [-0.4, -0.2) is 27.2 Å². The minimum Gasteiger partial charge on any atom is -0.493 e. The molecule has 0 unspecified atom stereocenters. The van der Waals surface area contributed by atoms with Gasteiger partial charge < -0.3 is 20.4 Å². The molecule has 28 heavy (non-hydrogen) atoms. The van der Waals surface area contributed by atoms with E-state index in [1.54, 1.807) is 25.1 Å². The Kier molecular flexibility index (Phi) is 6.95. The lowest BCUT2D eigenvalue weighted by molar-refractivity contribution is 0.329. The van der Waals surface area contributed by atoms with E-state index in [1.807, 2.05) is 6.07 Å². The van der Waals surface area contributed by atoms with Gasteiger partial charge in [-0.1, -0.05) is 12.1 Å². The minimum atomic E-state index is -4.17. The molecular formula is C18H19N5O4S. The Hall–Kier alpha value is -3.58. The average molecular weight is 401 g/mol. The van der Waals surface area contributed by atoms with Gasteiger partial charge in [0, 0.05) is 18.7 Å². The lowest BCUT2D eigenvalue weighted by Crippen LogP contribution is -2.21. The molecule has 0 saturated heterocycles. The van der Waals surface area contributed by atoms with Gasteiger partial charge in [-0.15, -0.1) is 5.10 Å². The highest BCUT2D eigenvalue weighted by atomic mass is 32.2. The zero-order valence-electron chi connectivity index (χ0n) is 15.1. The van der Waals surface area contributed by atoms with Crippen LogP contribution in [0.25, 0.3) is 0 Å². The van der Waals surface area contributed by atoms with Crippen LogP contribution in [0, 0.1) is 18.3 Å². The van der Waals surface area contributed by atoms with E-state index < -0.39 is 10.1 Å². The lowest BCUT2D eigenvalue weighted by Gasteiger charge is -2.11. The summed E-state index contributed by atoms with van der Waals surface area (Å²) >= 11 is 0. The molecule has 0 fully saturated rings. The normalized spacial score (nSPS) is 11.0. The van der Waals surface area contributed by atoms with Crippen molar-refractivity contribution in [3.05, 3.63) is 53.6 Å². The first kappa shape index (κ1) is 20.7. The van der Waals surface area contributed by atoms with Crippen LogP contribution < -0.4 is 20.4 Å². The molecule has 0 aliphatic rings. The van der Waals surface area contributed by atoms with Gasteiger partial charge in [0.25, 0.3) is 0 Å². The number of nitrogens with zero attached hydrogens (tertiary/aromatic N) is 3. The molecule has 0 saturated carbocycles. The number of rotatable bonds is 8. The summed E-state index contributed by atoms with van der Waals surface area (Å²) in [6, 6.07) is 12.4. The molecule has 0 amide bonds. The molecule has 4 N–H and O–H groups in total. The van der Waals surface area contributed by atoms with E-state index in [1.165, 1.54) is 30.5 Å². The first-order chi connectivity index (χ1) is 13.3. The molecule has 0 aliphatic heterocycles. The van der Waals surface area contributed by atoms with Crippen LogP contribution in [0.1, 0.15) is 17.5 Å². The van der Waals surface area contributed by atoms with E-state index >= 15 is 0 Å². The van der Waals surface area contributed by atoms with Crippen LogP contribution in [0.3, 0.4) is 0 Å². The van der Waals surface area contributed by atoms with E-state index in [0.717, 1.165) is 5.56 Å². The number of hydrogen-bond donors (Lipinski definition) is 2. The molecule has 10 heteroatoms. The van der Waals surface area contributed by atoms with Gasteiger partial charge in [0.1, 0.15) is 22.5 Å². The SMILES string of the molecule is Cc1cc(OCC/C=N/N=C(N)N)cc(OS(=O)(=O)c2ccccc2C#N)c1. The van der Waals surface area contributed by atoms with Crippen molar-refractivity contribution >= 4 is 22.3 Å². The van der Waals surface area contributed by atoms with Crippen molar-refractivity contribution in [3.63, 3.8) is 0 Å². The van der Waals surface area contributed by atoms with E-state index in [0.29, 0.717) is 12.2 Å². The third-order valence-corrected chi connectivity index (χ3v) is 4.58. The van der Waals surface area contributed by atoms with Crippen molar-refractivity contribution in [3.8, 4) is 17.6 Å². The maximum Gasteiger partial charge on any atom is 0.340 e. The van der Waals surface area contributed by atoms with Crippen LogP contribution in [0.4, 0.5) is 0 Å². The Bertz CT molecular complexity index is 1040. The number of hydrogen-bond acceptors (Lipinski definition) is 7. The van der Waals surface area contributed by atoms with Gasteiger partial charge in [0.2, 0.25) is 5.96 Å². The van der Waals surface area contributed by atoms with Crippen molar-refractivity contribution in [1.29, 1.82) is 5.26 Å². The van der Waals surface area contributed by atoms with Crippen molar-refractivity contribution in [2.45, 2.75) is 18.2 Å². The highest BCUT2D eigenvalue weighted by molar-refractivity contribution is 7.87. The van der Waals surface area contributed by atoms with Crippen molar-refractivity contribution < 1.29 is 17.3 Å². The zero-order chi connectivity index (χ0) is 20.6. The average Bonchev–Trinajstić information content (AvgIpc) is 2.63. The summed E-state index contributed by atoms with van der Waals surface area (Å²) in [6.07, 6.45) is 1.92. The van der Waals surface area contributed by atoms with Crippen molar-refractivity contribution in [2.75, 3.05) is 6.61 Å². The van der Waals surface area contributed by atoms with Gasteiger partial charge >= 0.3 is 10.1 Å². The fourth-order valence-corrected chi connectivity index (χ4v) is 3.26. The van der Waals surface area contributed by atoms with Crippen molar-refractivity contribution in [1.82, 2.24) is 0 Å². The first-order valence-corrected chi connectivity index (χ1v) is 9.51. The maximum atomic E-state index is 12.5. The molecule has 0 spiro atoms. The molecule has 0 bridgehead atoms. The lowest BCUT2D eigenvalue weighted by atomic mass is 10.2. The highest BCUT2D eigenvalue weighted by Gasteiger charge is 2.21. The monoisotopic (exact) mass is 401 g/mol. The van der Waals surface area contributed by atoms with Crippen molar-refractivity contribution in [2.24, 2.45) is 21.7 Å². The molecule has 0 heterocycles. The fraction of sp³-hybridized carbons (Fsp3) is 0.167. The molecule has 2 rings (SSSR count). The summed E-state index contributed by atoms with van der Waals surface area (Å²) in [4.78, 5) is -0.197. The molecule has 0 radical (unpaired) electrons. The second-order valence-corrected chi connectivity index (χ2v) is 7.10. The fourth-order valence-electron chi connectivity index (χ4n) is 2.19. The van der Waals surface area contributed by atoms with Gasteiger partial charge in [0.15, 0.2) is 0 Å². The van der Waals surface area contributed by atoms with Crippen LogP contribution in [-0.2, 0) is 10.1 Å². The molecule has 0 aliphatic carbocycles. The molecule has 0 aromatic heterocycles. The third-order valence-electron chi connectivity index (χ3n) is 3.28. The Balaban J connectivity index is 2.12. The predicted octanol–water partition coefficient (Wildman–Crippen LogP) is 1.66. The number of nitriles is 1. The summed E-state index contributed by atoms with van der Waals surface area (Å²) in [5, 5.41) is 16.2. The van der Waals surface area contributed by atoms with Gasteiger partial charge in [-0.2, -0.15) is 18.8 Å². The molecule has 2 aromatic rings. The largest absolute Gasteiger partial charge is 0.493 e. The van der Waals surface area contributed by atoms with E-state index in [4.69, 9.17) is 25.6 Å². The summed E-state index contributed by atoms with van der Waals surface area (Å²) in [7, 11) is -4.17. The number of nitrogens with two attached hydrogens (primary N) is 2. The minimum absolute atomic E-state index is 0.00619. The van der Waals surface area contributed by atoms with Crippen LogP contribution in [0.5, 0.6) is 11.5 Å². The van der Waals surface area contributed by atoms with Crippen LogP contribution in [0.2, 0.25) is 0 Å². The van der Waals surface area contributed by atoms with Gasteiger partial charge in [-0.3, -0.25) is 0 Å². The maximum absolute atomic E-state index is 12.5. The van der Waals surface area contributed by atoms with E-state index in [-0.39, 0.29) is 28.8 Å². The number of guanidine groups is 1. The summed E-state index contributed by atoms with van der Waals surface area (Å²) in [5.74, 6) is 0.364. The summed E-state index contributed by atoms with van der Waals surface area (Å²) < 4.78 is 35.8. The number of ether oxygens (including phenoxy) is 1. The van der Waals surface area contributed by atoms with Gasteiger partial charge in [-0.25, -0.2) is 0 Å². The summed E-state index contributed by atoms with van der Waals surface area (Å²) in [6.45, 7) is 2.05. The quantitative estimate of drug-likeness (QED) is 0.224. The van der Waals surface area contributed by atoms with Crippen LogP contribution >= 0.6 is 0 Å². The summed E-state index contributed by atoms with van der Waals surface area (Å²) in [5.41, 5.74) is 11.0. The smallest absolute Gasteiger partial charge is 0.340 e. The first-order valence-electron chi connectivity index (χ1n) is 8.10. The highest BCUT2D eigenvalue weighted by Crippen LogP contribution is 2.26. The Morgan fingerprint density at radius 1 is 1.21 bits per heavy atom. The molecule has 0 atom stereocenters. The Morgan fingerprint density at radius 2 is 1.93 bits per heavy atom. The second-order valence-electron chi connectivity index (χ2n) is 5.59. The topological polar surface area (TPSA) is 153 Å². The predicted molar refractivity (Wildman–Crippen MR) is 105 cm³/mol. The standard InChI is InChI=1S/C18H19N5O4S/c1-13-9-15(26-8-4-7-22-23-18(20)21)11-16(10-13)27-28(24,25)17-6-3-2-5-14(17)12-19/h2-3,5-7,9-11H,4,8H2,1H3,(H4,20,21,23)/b22-7+. The van der Waals surface area contributed by atoms with Gasteiger partial charge in [-0.05, 0) is 36.8 Å². The Labute approximate surface area is 163 Å². The zero-order valence-corrected chi connectivity index (χ0v) is 15.9. The number of benzene rings is 2.